The molecule has 2 heterocycles. The van der Waals surface area contributed by atoms with E-state index < -0.39 is 0 Å². The minimum atomic E-state index is -0.0490. The summed E-state index contributed by atoms with van der Waals surface area (Å²) in [5.74, 6) is 1.32. The second-order valence-electron chi connectivity index (χ2n) is 6.12. The van der Waals surface area contributed by atoms with Gasteiger partial charge < -0.3 is 15.4 Å². The number of aryl methyl sites for hydroxylation is 1. The van der Waals surface area contributed by atoms with E-state index in [0.29, 0.717) is 17.5 Å². The quantitative estimate of drug-likeness (QED) is 0.874. The molecule has 1 aromatic carbocycles. The maximum Gasteiger partial charge on any atom is 0.230 e. The number of rotatable bonds is 5. The molecular weight excluding hydrogens is 322 g/mol. The fraction of sp³-hybridized carbons (Fsp3) is 0.444. The molecule has 1 fully saturated rings. The van der Waals surface area contributed by atoms with Crippen LogP contribution in [0.3, 0.4) is 0 Å². The van der Waals surface area contributed by atoms with Gasteiger partial charge in [0.25, 0.3) is 0 Å². The van der Waals surface area contributed by atoms with Crippen LogP contribution in [0.4, 0.5) is 5.13 Å². The Morgan fingerprint density at radius 2 is 2.21 bits per heavy atom. The van der Waals surface area contributed by atoms with Gasteiger partial charge >= 0.3 is 0 Å². The van der Waals surface area contributed by atoms with Crippen molar-refractivity contribution in [1.82, 2.24) is 10.3 Å². The maximum atomic E-state index is 12.3. The van der Waals surface area contributed by atoms with Gasteiger partial charge in [-0.05, 0) is 56.0 Å². The fourth-order valence-corrected chi connectivity index (χ4v) is 3.96. The van der Waals surface area contributed by atoms with Gasteiger partial charge in [-0.3, -0.25) is 4.79 Å². The third kappa shape index (κ3) is 4.13. The summed E-state index contributed by atoms with van der Waals surface area (Å²) in [5.41, 5.74) is 2.00. The maximum absolute atomic E-state index is 12.3. The number of aromatic nitrogens is 1. The predicted molar refractivity (Wildman–Crippen MR) is 97.0 cm³/mol. The van der Waals surface area contributed by atoms with Gasteiger partial charge in [-0.1, -0.05) is 12.1 Å². The summed E-state index contributed by atoms with van der Waals surface area (Å²) in [4.78, 5) is 17.9. The summed E-state index contributed by atoms with van der Waals surface area (Å²) in [7, 11) is 1.64. The fourth-order valence-electron chi connectivity index (χ4n) is 2.96. The van der Waals surface area contributed by atoms with E-state index >= 15 is 0 Å². The first-order valence-corrected chi connectivity index (χ1v) is 9.07. The molecule has 0 radical (unpaired) electrons. The lowest BCUT2D eigenvalue weighted by atomic mass is 9.97. The lowest BCUT2D eigenvalue weighted by molar-refractivity contribution is -0.115. The number of carbonyl (C=O) groups is 1. The van der Waals surface area contributed by atoms with E-state index in [9.17, 15) is 4.79 Å². The number of nitrogens with one attached hydrogen (secondary N) is 2. The van der Waals surface area contributed by atoms with Crippen molar-refractivity contribution in [3.63, 3.8) is 0 Å². The number of hydrogen-bond acceptors (Lipinski definition) is 5. The Kier molecular flexibility index (Phi) is 5.48. The molecule has 2 N–H and O–H groups in total. The second-order valence-corrected chi connectivity index (χ2v) is 7.18. The number of piperidine rings is 1. The molecule has 24 heavy (non-hydrogen) atoms. The first-order chi connectivity index (χ1) is 11.7. The molecule has 6 heteroatoms. The molecular formula is C18H23N3O2S. The van der Waals surface area contributed by atoms with Crippen molar-refractivity contribution < 1.29 is 9.53 Å². The Balaban J connectivity index is 1.59. The van der Waals surface area contributed by atoms with E-state index in [1.165, 1.54) is 4.88 Å². The molecule has 3 rings (SSSR count). The number of amides is 1. The average molecular weight is 345 g/mol. The lowest BCUT2D eigenvalue weighted by Crippen LogP contribution is -2.26. The molecule has 0 spiro atoms. The number of carbonyl (C=O) groups excluding carboxylic acids is 1. The van der Waals surface area contributed by atoms with E-state index in [4.69, 9.17) is 4.74 Å². The standard InChI is InChI=1S/C18H23N3O2S/c1-12-3-4-13(9-15(12)23-2)10-17(22)21-18-20-11-16(24-18)14-5-7-19-8-6-14/h3-4,9,11,14,19H,5-8,10H2,1-2H3,(H,20,21,22). The highest BCUT2D eigenvalue weighted by Crippen LogP contribution is 2.31. The zero-order valence-electron chi connectivity index (χ0n) is 14.1. The summed E-state index contributed by atoms with van der Waals surface area (Å²) in [6.45, 7) is 4.10. The van der Waals surface area contributed by atoms with Gasteiger partial charge in [-0.2, -0.15) is 0 Å². The van der Waals surface area contributed by atoms with E-state index in [1.54, 1.807) is 18.4 Å². The van der Waals surface area contributed by atoms with Gasteiger partial charge in [0.1, 0.15) is 5.75 Å². The molecule has 2 aromatic rings. The normalized spacial score (nSPS) is 15.2. The lowest BCUT2D eigenvalue weighted by Gasteiger charge is -2.20. The molecule has 0 saturated carbocycles. The molecule has 1 aliphatic heterocycles. The van der Waals surface area contributed by atoms with Crippen LogP contribution in [-0.4, -0.2) is 31.1 Å². The highest BCUT2D eigenvalue weighted by atomic mass is 32.1. The Bertz CT molecular complexity index is 708. The van der Waals surface area contributed by atoms with Crippen molar-refractivity contribution in [2.24, 2.45) is 0 Å². The molecule has 1 saturated heterocycles. The second kappa shape index (κ2) is 7.77. The number of hydrogen-bond donors (Lipinski definition) is 2. The molecule has 1 aromatic heterocycles. The van der Waals surface area contributed by atoms with E-state index in [-0.39, 0.29) is 5.91 Å². The van der Waals surface area contributed by atoms with Crippen molar-refractivity contribution in [1.29, 1.82) is 0 Å². The molecule has 1 amide bonds. The Morgan fingerprint density at radius 3 is 2.96 bits per heavy atom. The van der Waals surface area contributed by atoms with Gasteiger partial charge in [0.2, 0.25) is 5.91 Å². The van der Waals surface area contributed by atoms with Crippen molar-refractivity contribution in [2.45, 2.75) is 32.1 Å². The first-order valence-electron chi connectivity index (χ1n) is 8.25. The molecule has 0 unspecified atom stereocenters. The number of ether oxygens (including phenoxy) is 1. The van der Waals surface area contributed by atoms with Crippen molar-refractivity contribution in [3.8, 4) is 5.75 Å². The minimum Gasteiger partial charge on any atom is -0.496 e. The van der Waals surface area contributed by atoms with E-state index in [0.717, 1.165) is 42.8 Å². The zero-order valence-corrected chi connectivity index (χ0v) is 14.9. The minimum absolute atomic E-state index is 0.0490. The first kappa shape index (κ1) is 16.9. The number of thiazole rings is 1. The summed E-state index contributed by atoms with van der Waals surface area (Å²) < 4.78 is 5.31. The third-order valence-corrected chi connectivity index (χ3v) is 5.42. The van der Waals surface area contributed by atoms with Crippen molar-refractivity contribution in [3.05, 3.63) is 40.4 Å². The van der Waals surface area contributed by atoms with Crippen LogP contribution in [0, 0.1) is 6.92 Å². The molecule has 0 atom stereocenters. The van der Waals surface area contributed by atoms with E-state index in [1.807, 2.05) is 31.3 Å². The van der Waals surface area contributed by atoms with Gasteiger partial charge in [0.05, 0.1) is 13.5 Å². The molecule has 5 nitrogen and oxygen atoms in total. The summed E-state index contributed by atoms with van der Waals surface area (Å²) in [6.07, 6.45) is 4.50. The van der Waals surface area contributed by atoms with E-state index in [2.05, 4.69) is 15.6 Å². The van der Waals surface area contributed by atoms with Crippen LogP contribution in [0.15, 0.2) is 24.4 Å². The molecule has 128 valence electrons. The predicted octanol–water partition coefficient (Wildman–Crippen LogP) is 3.11. The van der Waals surface area contributed by atoms with Crippen LogP contribution in [-0.2, 0) is 11.2 Å². The van der Waals surface area contributed by atoms with Gasteiger partial charge in [0.15, 0.2) is 5.13 Å². The summed E-state index contributed by atoms with van der Waals surface area (Å²) >= 11 is 1.59. The van der Waals surface area contributed by atoms with Crippen LogP contribution in [0.2, 0.25) is 0 Å². The summed E-state index contributed by atoms with van der Waals surface area (Å²) in [5, 5.41) is 6.97. The largest absolute Gasteiger partial charge is 0.496 e. The van der Waals surface area contributed by atoms with Crippen LogP contribution in [0.5, 0.6) is 5.75 Å². The monoisotopic (exact) mass is 345 g/mol. The molecule has 0 aliphatic carbocycles. The Hall–Kier alpha value is -1.92. The SMILES string of the molecule is COc1cc(CC(=O)Nc2ncc(C3CCNCC3)s2)ccc1C. The third-order valence-electron chi connectivity index (χ3n) is 4.35. The number of methoxy groups -OCH3 is 1. The van der Waals surface area contributed by atoms with Crippen LogP contribution in [0.25, 0.3) is 0 Å². The number of nitrogens with zero attached hydrogens (tertiary/aromatic N) is 1. The van der Waals surface area contributed by atoms with Crippen molar-refractivity contribution in [2.75, 3.05) is 25.5 Å². The molecule has 0 bridgehead atoms. The summed E-state index contributed by atoms with van der Waals surface area (Å²) in [6, 6.07) is 5.84. The van der Waals surface area contributed by atoms with Gasteiger partial charge in [-0.15, -0.1) is 11.3 Å². The Labute approximate surface area is 146 Å². The van der Waals surface area contributed by atoms with Crippen molar-refractivity contribution >= 4 is 22.4 Å². The smallest absolute Gasteiger partial charge is 0.230 e. The average Bonchev–Trinajstić information content (AvgIpc) is 3.05. The Morgan fingerprint density at radius 1 is 1.42 bits per heavy atom. The highest BCUT2D eigenvalue weighted by Gasteiger charge is 2.18. The molecule has 1 aliphatic rings. The topological polar surface area (TPSA) is 63.2 Å². The number of anilines is 1. The zero-order chi connectivity index (χ0) is 16.9. The van der Waals surface area contributed by atoms with Crippen LogP contribution < -0.4 is 15.4 Å². The van der Waals surface area contributed by atoms with Crippen LogP contribution >= 0.6 is 11.3 Å². The van der Waals surface area contributed by atoms with Gasteiger partial charge in [0, 0.05) is 11.1 Å². The highest BCUT2D eigenvalue weighted by molar-refractivity contribution is 7.15. The van der Waals surface area contributed by atoms with Gasteiger partial charge in [-0.25, -0.2) is 4.98 Å². The van der Waals surface area contributed by atoms with Crippen LogP contribution in [0.1, 0.15) is 34.8 Å². The number of benzene rings is 1.